The van der Waals surface area contributed by atoms with Crippen LogP contribution in [0.3, 0.4) is 0 Å². The molecule has 2 heterocycles. The van der Waals surface area contributed by atoms with Gasteiger partial charge < -0.3 is 13.7 Å². The molecule has 158 valence electrons. The molecular weight excluding hydrogens is 406 g/mol. The van der Waals surface area contributed by atoms with Gasteiger partial charge in [0.1, 0.15) is 22.8 Å². The highest BCUT2D eigenvalue weighted by Gasteiger charge is 2.21. The Labute approximate surface area is 183 Å². The summed E-state index contributed by atoms with van der Waals surface area (Å²) in [4.78, 5) is 15.3. The topological polar surface area (TPSA) is 83.3 Å². The number of nitro groups is 1. The van der Waals surface area contributed by atoms with E-state index in [-0.39, 0.29) is 5.88 Å². The summed E-state index contributed by atoms with van der Waals surface area (Å²) in [7, 11) is 0. The number of para-hydroxylation sites is 1. The molecule has 0 spiro atoms. The first kappa shape index (κ1) is 19.6. The SMILES string of the molecule is O=[N+]([O-])c1ccc(-c2nc3cccc(OCc4ccccc4)c3n2Cc2ccccc2)o1. The molecule has 32 heavy (non-hydrogen) atoms. The number of furan rings is 1. The Balaban J connectivity index is 1.62. The van der Waals surface area contributed by atoms with Gasteiger partial charge in [-0.3, -0.25) is 10.1 Å². The first-order valence-corrected chi connectivity index (χ1v) is 10.1. The van der Waals surface area contributed by atoms with Gasteiger partial charge in [-0.05, 0) is 29.3 Å². The number of imidazole rings is 1. The second-order valence-electron chi connectivity index (χ2n) is 7.30. The molecule has 0 saturated heterocycles. The number of nitrogens with zero attached hydrogens (tertiary/aromatic N) is 3. The van der Waals surface area contributed by atoms with Gasteiger partial charge in [-0.2, -0.15) is 0 Å². The van der Waals surface area contributed by atoms with Crippen molar-refractivity contribution in [3.05, 3.63) is 112 Å². The van der Waals surface area contributed by atoms with Crippen molar-refractivity contribution in [2.24, 2.45) is 0 Å². The third kappa shape index (κ3) is 3.83. The van der Waals surface area contributed by atoms with Crippen molar-refractivity contribution < 1.29 is 14.1 Å². The number of fused-ring (bicyclic) bond motifs is 1. The van der Waals surface area contributed by atoms with E-state index in [1.807, 2.05) is 83.4 Å². The fourth-order valence-electron chi connectivity index (χ4n) is 3.66. The van der Waals surface area contributed by atoms with Crippen LogP contribution in [0.25, 0.3) is 22.6 Å². The molecule has 0 amide bonds. The van der Waals surface area contributed by atoms with Crippen molar-refractivity contribution >= 4 is 16.9 Å². The molecule has 7 heteroatoms. The Morgan fingerprint density at radius 2 is 1.59 bits per heavy atom. The number of benzene rings is 3. The second-order valence-corrected chi connectivity index (χ2v) is 7.30. The van der Waals surface area contributed by atoms with Gasteiger partial charge in [0.05, 0.1) is 11.6 Å². The van der Waals surface area contributed by atoms with E-state index < -0.39 is 4.92 Å². The first-order chi connectivity index (χ1) is 15.7. The van der Waals surface area contributed by atoms with Crippen molar-refractivity contribution in [1.29, 1.82) is 0 Å². The molecule has 0 unspecified atom stereocenters. The monoisotopic (exact) mass is 425 g/mol. The maximum atomic E-state index is 11.1. The van der Waals surface area contributed by atoms with Gasteiger partial charge in [0.2, 0.25) is 0 Å². The van der Waals surface area contributed by atoms with Gasteiger partial charge in [0.25, 0.3) is 0 Å². The normalized spacial score (nSPS) is 11.0. The molecule has 5 rings (SSSR count). The van der Waals surface area contributed by atoms with E-state index in [4.69, 9.17) is 14.1 Å². The van der Waals surface area contributed by atoms with Crippen LogP contribution in [0.2, 0.25) is 0 Å². The smallest absolute Gasteiger partial charge is 0.433 e. The van der Waals surface area contributed by atoms with Crippen LogP contribution in [-0.4, -0.2) is 14.5 Å². The minimum atomic E-state index is -0.553. The molecule has 0 aliphatic carbocycles. The summed E-state index contributed by atoms with van der Waals surface area (Å²) >= 11 is 0. The highest BCUT2D eigenvalue weighted by atomic mass is 16.6. The standard InChI is InChI=1S/C25H19N3O4/c29-28(30)23-15-14-22(32-23)25-26-20-12-7-13-21(31-17-19-10-5-2-6-11-19)24(20)27(25)16-18-8-3-1-4-9-18/h1-15H,16-17H2. The van der Waals surface area contributed by atoms with Crippen molar-refractivity contribution in [3.63, 3.8) is 0 Å². The molecule has 0 bridgehead atoms. The molecule has 3 aromatic carbocycles. The first-order valence-electron chi connectivity index (χ1n) is 10.1. The van der Waals surface area contributed by atoms with Gasteiger partial charge in [-0.1, -0.05) is 66.7 Å². The predicted octanol–water partition coefficient (Wildman–Crippen LogP) is 5.83. The highest BCUT2D eigenvalue weighted by Crippen LogP contribution is 2.34. The van der Waals surface area contributed by atoms with Gasteiger partial charge in [-0.25, -0.2) is 4.98 Å². The lowest BCUT2D eigenvalue weighted by atomic mass is 10.2. The van der Waals surface area contributed by atoms with Crippen molar-refractivity contribution in [3.8, 4) is 17.3 Å². The number of aromatic nitrogens is 2. The predicted molar refractivity (Wildman–Crippen MR) is 120 cm³/mol. The summed E-state index contributed by atoms with van der Waals surface area (Å²) in [6.07, 6.45) is 0. The maximum absolute atomic E-state index is 11.1. The van der Waals surface area contributed by atoms with E-state index in [1.165, 1.54) is 6.07 Å². The highest BCUT2D eigenvalue weighted by molar-refractivity contribution is 5.85. The van der Waals surface area contributed by atoms with Crippen LogP contribution in [0.4, 0.5) is 5.88 Å². The van der Waals surface area contributed by atoms with E-state index in [1.54, 1.807) is 6.07 Å². The van der Waals surface area contributed by atoms with Crippen LogP contribution in [-0.2, 0) is 13.2 Å². The average molecular weight is 425 g/mol. The Morgan fingerprint density at radius 3 is 2.28 bits per heavy atom. The quantitative estimate of drug-likeness (QED) is 0.242. The van der Waals surface area contributed by atoms with E-state index in [2.05, 4.69) is 0 Å². The Kier molecular flexibility index (Phi) is 5.13. The zero-order valence-electron chi connectivity index (χ0n) is 17.0. The Bertz CT molecular complexity index is 1370. The zero-order valence-corrected chi connectivity index (χ0v) is 17.0. The van der Waals surface area contributed by atoms with Crippen molar-refractivity contribution in [2.75, 3.05) is 0 Å². The average Bonchev–Trinajstić information content (AvgIpc) is 3.45. The summed E-state index contributed by atoms with van der Waals surface area (Å²) < 4.78 is 13.6. The number of hydrogen-bond donors (Lipinski definition) is 0. The summed E-state index contributed by atoms with van der Waals surface area (Å²) in [5.74, 6) is 1.20. The number of ether oxygens (including phenoxy) is 1. The molecule has 0 atom stereocenters. The fraction of sp³-hybridized carbons (Fsp3) is 0.0800. The fourth-order valence-corrected chi connectivity index (χ4v) is 3.66. The van der Waals surface area contributed by atoms with Gasteiger partial charge in [0, 0.05) is 6.54 Å². The van der Waals surface area contributed by atoms with E-state index in [9.17, 15) is 10.1 Å². The van der Waals surface area contributed by atoms with E-state index in [0.29, 0.717) is 30.5 Å². The summed E-state index contributed by atoms with van der Waals surface area (Å²) in [6.45, 7) is 0.922. The molecule has 0 fully saturated rings. The summed E-state index contributed by atoms with van der Waals surface area (Å²) in [5.41, 5.74) is 3.65. The maximum Gasteiger partial charge on any atom is 0.433 e. The van der Waals surface area contributed by atoms with Crippen LogP contribution in [0.15, 0.2) is 95.4 Å². The molecule has 0 saturated carbocycles. The molecule has 0 aliphatic heterocycles. The number of hydrogen-bond acceptors (Lipinski definition) is 5. The molecule has 5 aromatic rings. The van der Waals surface area contributed by atoms with Crippen LogP contribution in [0, 0.1) is 10.1 Å². The van der Waals surface area contributed by atoms with Crippen LogP contribution in [0.1, 0.15) is 11.1 Å². The lowest BCUT2D eigenvalue weighted by Crippen LogP contribution is -2.04. The lowest BCUT2D eigenvalue weighted by Gasteiger charge is -2.12. The molecule has 2 aromatic heterocycles. The van der Waals surface area contributed by atoms with Gasteiger partial charge >= 0.3 is 5.88 Å². The Morgan fingerprint density at radius 1 is 0.875 bits per heavy atom. The minimum Gasteiger partial charge on any atom is -0.487 e. The van der Waals surface area contributed by atoms with E-state index >= 15 is 0 Å². The van der Waals surface area contributed by atoms with Crippen molar-refractivity contribution in [1.82, 2.24) is 9.55 Å². The second kappa shape index (κ2) is 8.39. The number of rotatable bonds is 7. The van der Waals surface area contributed by atoms with Gasteiger partial charge in [-0.15, -0.1) is 0 Å². The molecule has 0 aliphatic rings. The summed E-state index contributed by atoms with van der Waals surface area (Å²) in [5, 5.41) is 11.1. The zero-order chi connectivity index (χ0) is 21.9. The molecular formula is C25H19N3O4. The van der Waals surface area contributed by atoms with E-state index in [0.717, 1.165) is 22.2 Å². The van der Waals surface area contributed by atoms with Crippen LogP contribution < -0.4 is 4.74 Å². The van der Waals surface area contributed by atoms with Crippen molar-refractivity contribution in [2.45, 2.75) is 13.2 Å². The van der Waals surface area contributed by atoms with Crippen LogP contribution in [0.5, 0.6) is 5.75 Å². The molecule has 0 N–H and O–H groups in total. The molecule has 7 nitrogen and oxygen atoms in total. The third-order valence-corrected chi connectivity index (χ3v) is 5.14. The largest absolute Gasteiger partial charge is 0.487 e. The molecule has 0 radical (unpaired) electrons. The Hall–Kier alpha value is -4.39. The van der Waals surface area contributed by atoms with Crippen LogP contribution >= 0.6 is 0 Å². The third-order valence-electron chi connectivity index (χ3n) is 5.14. The minimum absolute atomic E-state index is 0.320. The van der Waals surface area contributed by atoms with Gasteiger partial charge in [0.15, 0.2) is 11.6 Å². The summed E-state index contributed by atoms with van der Waals surface area (Å²) in [6, 6.07) is 28.5. The lowest BCUT2D eigenvalue weighted by molar-refractivity contribution is -0.401.